The van der Waals surface area contributed by atoms with Crippen molar-refractivity contribution in [3.8, 4) is 11.5 Å². The summed E-state index contributed by atoms with van der Waals surface area (Å²) in [6, 6.07) is 10.2. The third-order valence-electron chi connectivity index (χ3n) is 3.45. The molecule has 0 saturated carbocycles. The maximum Gasteiger partial charge on any atom is 0.159 e. The topological polar surface area (TPSA) is 56.7 Å². The molecule has 0 aliphatic heterocycles. The number of aromatic nitrogens is 3. The summed E-state index contributed by atoms with van der Waals surface area (Å²) in [6.45, 7) is 3.60. The fraction of sp³-hybridized carbons (Fsp3) is 0.250. The van der Waals surface area contributed by atoms with E-state index in [0.29, 0.717) is 6.54 Å². The average molecular weight is 345 g/mol. The van der Waals surface area contributed by atoms with Gasteiger partial charge in [-0.2, -0.15) is 0 Å². The molecule has 1 aromatic carbocycles. The number of aryl methyl sites for hydroxylation is 1. The van der Waals surface area contributed by atoms with Crippen LogP contribution in [0.5, 0.6) is 0 Å². The summed E-state index contributed by atoms with van der Waals surface area (Å²) < 4.78 is 3.26. The average Bonchev–Trinajstić information content (AvgIpc) is 2.85. The summed E-state index contributed by atoms with van der Waals surface area (Å²) in [5, 5.41) is 0. The van der Waals surface area contributed by atoms with E-state index >= 15 is 0 Å². The largest absolute Gasteiger partial charge is 0.326 e. The number of hydrogen-bond acceptors (Lipinski definition) is 3. The van der Waals surface area contributed by atoms with E-state index in [0.717, 1.165) is 45.6 Å². The second kappa shape index (κ2) is 5.95. The van der Waals surface area contributed by atoms with Crippen LogP contribution >= 0.6 is 15.9 Å². The van der Waals surface area contributed by atoms with Crippen LogP contribution in [0.3, 0.4) is 0 Å². The molecule has 0 fully saturated rings. The summed E-state index contributed by atoms with van der Waals surface area (Å²) in [6.07, 6.45) is 2.87. The van der Waals surface area contributed by atoms with Gasteiger partial charge in [-0.05, 0) is 36.2 Å². The van der Waals surface area contributed by atoms with E-state index in [9.17, 15) is 0 Å². The molecule has 5 heteroatoms. The van der Waals surface area contributed by atoms with Crippen LogP contribution in [-0.4, -0.2) is 14.5 Å². The minimum atomic E-state index is 0.506. The van der Waals surface area contributed by atoms with E-state index < -0.39 is 0 Å². The van der Waals surface area contributed by atoms with Crippen molar-refractivity contribution in [3.05, 3.63) is 46.6 Å². The van der Waals surface area contributed by atoms with Gasteiger partial charge in [0, 0.05) is 23.8 Å². The number of nitrogens with two attached hydrogens (primary N) is 1. The van der Waals surface area contributed by atoms with Crippen molar-refractivity contribution in [1.29, 1.82) is 0 Å². The number of nitrogens with zero attached hydrogens (tertiary/aromatic N) is 3. The monoisotopic (exact) mass is 344 g/mol. The van der Waals surface area contributed by atoms with E-state index in [1.807, 2.05) is 30.5 Å². The Kier molecular flexibility index (Phi) is 4.03. The molecule has 0 unspecified atom stereocenters. The van der Waals surface area contributed by atoms with E-state index in [2.05, 4.69) is 38.5 Å². The molecule has 4 nitrogen and oxygen atoms in total. The van der Waals surface area contributed by atoms with E-state index in [4.69, 9.17) is 10.7 Å². The van der Waals surface area contributed by atoms with Crippen molar-refractivity contribution in [2.75, 3.05) is 0 Å². The van der Waals surface area contributed by atoms with Crippen molar-refractivity contribution in [2.24, 2.45) is 5.73 Å². The lowest BCUT2D eigenvalue weighted by molar-refractivity contribution is 0.702. The highest BCUT2D eigenvalue weighted by molar-refractivity contribution is 9.10. The Labute approximate surface area is 132 Å². The Morgan fingerprint density at radius 3 is 2.76 bits per heavy atom. The van der Waals surface area contributed by atoms with Gasteiger partial charge in [0.05, 0.1) is 11.0 Å². The Hall–Kier alpha value is -1.72. The van der Waals surface area contributed by atoms with Gasteiger partial charge in [0.25, 0.3) is 0 Å². The number of benzene rings is 1. The van der Waals surface area contributed by atoms with Crippen LogP contribution in [0.25, 0.3) is 22.6 Å². The van der Waals surface area contributed by atoms with E-state index in [1.165, 1.54) is 0 Å². The Bertz CT molecular complexity index is 762. The van der Waals surface area contributed by atoms with E-state index in [1.54, 1.807) is 0 Å². The fourth-order valence-electron chi connectivity index (χ4n) is 2.43. The molecule has 0 atom stereocenters. The number of halogens is 1. The van der Waals surface area contributed by atoms with Crippen molar-refractivity contribution in [3.63, 3.8) is 0 Å². The first kappa shape index (κ1) is 14.2. The zero-order valence-corrected chi connectivity index (χ0v) is 13.5. The fourth-order valence-corrected chi connectivity index (χ4v) is 2.77. The molecule has 0 spiro atoms. The number of fused-ring (bicyclic) bond motifs is 1. The number of hydrogen-bond donors (Lipinski definition) is 1. The van der Waals surface area contributed by atoms with Gasteiger partial charge < -0.3 is 10.3 Å². The number of pyridine rings is 1. The van der Waals surface area contributed by atoms with Crippen LogP contribution < -0.4 is 5.73 Å². The van der Waals surface area contributed by atoms with Crippen molar-refractivity contribution >= 4 is 27.0 Å². The summed E-state index contributed by atoms with van der Waals surface area (Å²) in [4.78, 5) is 9.26. The highest BCUT2D eigenvalue weighted by Gasteiger charge is 2.13. The zero-order valence-electron chi connectivity index (χ0n) is 11.9. The van der Waals surface area contributed by atoms with Crippen LogP contribution in [0.1, 0.15) is 18.9 Å². The molecule has 108 valence electrons. The Morgan fingerprint density at radius 2 is 2.10 bits per heavy atom. The van der Waals surface area contributed by atoms with E-state index in [-0.39, 0.29) is 0 Å². The van der Waals surface area contributed by atoms with Crippen molar-refractivity contribution in [2.45, 2.75) is 26.4 Å². The maximum atomic E-state index is 5.63. The standard InChI is InChI=1S/C16H17BrN4/c1-2-7-21-15-6-4-12(17)8-14(15)20-16(21)13-5-3-11(9-18)10-19-13/h3-6,8,10H,2,7,9,18H2,1H3. The molecular formula is C16H17BrN4. The second-order valence-electron chi connectivity index (χ2n) is 4.98. The lowest BCUT2D eigenvalue weighted by atomic mass is 10.2. The lowest BCUT2D eigenvalue weighted by Crippen LogP contribution is -2.02. The molecule has 0 radical (unpaired) electrons. The van der Waals surface area contributed by atoms with Crippen LogP contribution in [0.2, 0.25) is 0 Å². The predicted molar refractivity (Wildman–Crippen MR) is 88.8 cm³/mol. The second-order valence-corrected chi connectivity index (χ2v) is 5.89. The minimum Gasteiger partial charge on any atom is -0.326 e. The number of imidazole rings is 1. The van der Waals surface area contributed by atoms with Crippen LogP contribution in [-0.2, 0) is 13.1 Å². The SMILES string of the molecule is CCCn1c(-c2ccc(CN)cn2)nc2cc(Br)ccc21. The van der Waals surface area contributed by atoms with Gasteiger partial charge in [-0.1, -0.05) is 28.9 Å². The molecule has 0 aliphatic carbocycles. The summed E-state index contributed by atoms with van der Waals surface area (Å²) in [5.74, 6) is 0.911. The third-order valence-corrected chi connectivity index (χ3v) is 3.94. The van der Waals surface area contributed by atoms with Crippen LogP contribution in [0, 0.1) is 0 Å². The highest BCUT2D eigenvalue weighted by Crippen LogP contribution is 2.26. The van der Waals surface area contributed by atoms with Crippen molar-refractivity contribution < 1.29 is 0 Å². The van der Waals surface area contributed by atoms with Crippen LogP contribution in [0.15, 0.2) is 41.0 Å². The molecular weight excluding hydrogens is 328 g/mol. The first-order chi connectivity index (χ1) is 10.2. The van der Waals surface area contributed by atoms with Gasteiger partial charge in [0.15, 0.2) is 5.82 Å². The molecule has 0 saturated heterocycles. The summed E-state index contributed by atoms with van der Waals surface area (Å²) in [5.41, 5.74) is 9.66. The first-order valence-corrected chi connectivity index (χ1v) is 7.83. The molecule has 2 N–H and O–H groups in total. The Balaban J connectivity index is 2.17. The minimum absolute atomic E-state index is 0.506. The van der Waals surface area contributed by atoms with Gasteiger partial charge in [-0.25, -0.2) is 4.98 Å². The molecule has 0 amide bonds. The quantitative estimate of drug-likeness (QED) is 0.784. The summed E-state index contributed by atoms with van der Waals surface area (Å²) >= 11 is 3.50. The molecule has 21 heavy (non-hydrogen) atoms. The summed E-state index contributed by atoms with van der Waals surface area (Å²) in [7, 11) is 0. The molecule has 2 aromatic heterocycles. The highest BCUT2D eigenvalue weighted by atomic mass is 79.9. The molecule has 3 rings (SSSR count). The van der Waals surface area contributed by atoms with Gasteiger partial charge in [-0.15, -0.1) is 0 Å². The first-order valence-electron chi connectivity index (χ1n) is 7.04. The number of rotatable bonds is 4. The normalized spacial score (nSPS) is 11.2. The zero-order chi connectivity index (χ0) is 14.8. The third kappa shape index (κ3) is 2.71. The Morgan fingerprint density at radius 1 is 1.24 bits per heavy atom. The van der Waals surface area contributed by atoms with Gasteiger partial charge >= 0.3 is 0 Å². The lowest BCUT2D eigenvalue weighted by Gasteiger charge is -2.07. The van der Waals surface area contributed by atoms with Crippen LogP contribution in [0.4, 0.5) is 0 Å². The molecule has 3 aromatic rings. The molecule has 0 bridgehead atoms. The van der Waals surface area contributed by atoms with Gasteiger partial charge in [0.1, 0.15) is 5.69 Å². The van der Waals surface area contributed by atoms with Gasteiger partial charge in [-0.3, -0.25) is 4.98 Å². The van der Waals surface area contributed by atoms with Gasteiger partial charge in [0.2, 0.25) is 0 Å². The predicted octanol–water partition coefficient (Wildman–Crippen LogP) is 3.73. The smallest absolute Gasteiger partial charge is 0.159 e. The molecule has 0 aliphatic rings. The van der Waals surface area contributed by atoms with Crippen molar-refractivity contribution in [1.82, 2.24) is 14.5 Å². The maximum absolute atomic E-state index is 5.63. The molecule has 2 heterocycles.